The Labute approximate surface area is 368 Å². The first-order valence-electron chi connectivity index (χ1n) is 25.7. The maximum absolute atomic E-state index is 3.89. The molecule has 1 aliphatic carbocycles. The van der Waals surface area contributed by atoms with Crippen LogP contribution in [0.4, 0.5) is 0 Å². The summed E-state index contributed by atoms with van der Waals surface area (Å²) in [5.41, 5.74) is 0. The van der Waals surface area contributed by atoms with Crippen LogP contribution in [0.2, 0.25) is 0 Å². The van der Waals surface area contributed by atoms with Crippen molar-refractivity contribution in [3.05, 3.63) is 0 Å². The van der Waals surface area contributed by atoms with Gasteiger partial charge in [0.05, 0.1) is 0 Å². The van der Waals surface area contributed by atoms with E-state index < -0.39 is 0 Å². The summed E-state index contributed by atoms with van der Waals surface area (Å²) in [6.45, 7) is 47.4. The minimum atomic E-state index is 0.643. The molecule has 0 radical (unpaired) electrons. The fourth-order valence-electron chi connectivity index (χ4n) is 8.70. The summed E-state index contributed by atoms with van der Waals surface area (Å²) >= 11 is 0. The molecule has 0 aromatic heterocycles. The SMILES string of the molecule is CC(C)CC(C)NC1CCCCC1NCC(C)C(C)C.CC(C)CC(C)NCCCCCCNC(C)CC(C)C.CC(C)CC(C)NCCCCNC(C)CC(C)C. The van der Waals surface area contributed by atoms with Crippen molar-refractivity contribution in [1.29, 1.82) is 0 Å². The smallest absolute Gasteiger partial charge is 0.0223 e. The largest absolute Gasteiger partial charge is 0.314 e. The molecule has 0 spiro atoms. The van der Waals surface area contributed by atoms with Crippen molar-refractivity contribution < 1.29 is 0 Å². The third-order valence-electron chi connectivity index (χ3n) is 11.9. The molecule has 6 heteroatoms. The van der Waals surface area contributed by atoms with Gasteiger partial charge in [0, 0.05) is 42.3 Å². The van der Waals surface area contributed by atoms with E-state index in [1.165, 1.54) is 116 Å². The highest BCUT2D eigenvalue weighted by Gasteiger charge is 2.26. The molecular formula is C52H114N6. The molecule has 8 atom stereocenters. The second-order valence-electron chi connectivity index (χ2n) is 21.9. The zero-order valence-electron chi connectivity index (χ0n) is 43.2. The fourth-order valence-corrected chi connectivity index (χ4v) is 8.70. The molecule has 352 valence electrons. The summed E-state index contributed by atoms with van der Waals surface area (Å²) < 4.78 is 0. The van der Waals surface area contributed by atoms with E-state index in [9.17, 15) is 0 Å². The second kappa shape index (κ2) is 38.4. The third kappa shape index (κ3) is 41.1. The van der Waals surface area contributed by atoms with Crippen LogP contribution in [0, 0.1) is 41.4 Å². The van der Waals surface area contributed by atoms with Gasteiger partial charge in [-0.3, -0.25) is 0 Å². The molecule has 6 nitrogen and oxygen atoms in total. The Hall–Kier alpha value is -0.240. The first-order chi connectivity index (χ1) is 27.2. The average molecular weight is 824 g/mol. The van der Waals surface area contributed by atoms with Gasteiger partial charge >= 0.3 is 0 Å². The Morgan fingerprint density at radius 1 is 0.362 bits per heavy atom. The fraction of sp³-hybridized carbons (Fsp3) is 1.00. The predicted octanol–water partition coefficient (Wildman–Crippen LogP) is 12.6. The molecule has 0 amide bonds. The van der Waals surface area contributed by atoms with E-state index in [1.807, 2.05) is 0 Å². The zero-order valence-corrected chi connectivity index (χ0v) is 43.2. The molecule has 1 aliphatic rings. The standard InChI is InChI=1S/C18H38N2.C18H40N2.C16H36N2/c1-13(2)11-16(6)20-18-10-8-7-9-17(18)19-12-15(5)14(3)4;1-15(2)13-17(5)19-11-9-7-8-10-12-20-18(6)14-16(3)4;1-13(2)11-15(5)17-9-7-8-10-18-16(6)12-14(3)4/h13-20H,7-12H2,1-6H3;15-20H,7-14H2,1-6H3;13-18H,7-12H2,1-6H3. The molecule has 0 heterocycles. The molecule has 0 saturated heterocycles. The lowest BCUT2D eigenvalue weighted by molar-refractivity contribution is 0.242. The quantitative estimate of drug-likeness (QED) is 0.0380. The van der Waals surface area contributed by atoms with Gasteiger partial charge in [0.25, 0.3) is 0 Å². The molecular weight excluding hydrogens is 709 g/mol. The van der Waals surface area contributed by atoms with E-state index in [0.717, 1.165) is 54.5 Å². The summed E-state index contributed by atoms with van der Waals surface area (Å²) in [4.78, 5) is 0. The summed E-state index contributed by atoms with van der Waals surface area (Å²) in [5, 5.41) is 22.2. The minimum Gasteiger partial charge on any atom is -0.314 e. The lowest BCUT2D eigenvalue weighted by Gasteiger charge is -2.36. The van der Waals surface area contributed by atoms with Gasteiger partial charge in [-0.1, -0.05) is 116 Å². The molecule has 0 aliphatic heterocycles. The van der Waals surface area contributed by atoms with Crippen LogP contribution >= 0.6 is 0 Å². The van der Waals surface area contributed by atoms with Crippen LogP contribution in [0.3, 0.4) is 0 Å². The summed E-state index contributed by atoms with van der Waals surface area (Å²) in [5.74, 6) is 5.53. The number of nitrogens with one attached hydrogen (secondary N) is 6. The van der Waals surface area contributed by atoms with E-state index in [2.05, 4.69) is 157 Å². The van der Waals surface area contributed by atoms with Crippen LogP contribution in [-0.2, 0) is 0 Å². The highest BCUT2D eigenvalue weighted by Crippen LogP contribution is 2.21. The molecule has 1 rings (SSSR count). The Bertz CT molecular complexity index is 802. The van der Waals surface area contributed by atoms with Crippen LogP contribution in [0.25, 0.3) is 0 Å². The van der Waals surface area contributed by atoms with Crippen molar-refractivity contribution in [2.45, 2.75) is 263 Å². The Balaban J connectivity index is 0. The van der Waals surface area contributed by atoms with E-state index in [-0.39, 0.29) is 0 Å². The van der Waals surface area contributed by atoms with Gasteiger partial charge in [0.15, 0.2) is 0 Å². The van der Waals surface area contributed by atoms with Gasteiger partial charge < -0.3 is 31.9 Å². The van der Waals surface area contributed by atoms with Crippen molar-refractivity contribution in [1.82, 2.24) is 31.9 Å². The average Bonchev–Trinajstić information content (AvgIpc) is 3.09. The Morgan fingerprint density at radius 2 is 0.655 bits per heavy atom. The van der Waals surface area contributed by atoms with E-state index in [4.69, 9.17) is 0 Å². The highest BCUT2D eigenvalue weighted by molar-refractivity contribution is 4.88. The zero-order chi connectivity index (χ0) is 44.5. The van der Waals surface area contributed by atoms with Gasteiger partial charge in [0.1, 0.15) is 0 Å². The van der Waals surface area contributed by atoms with Crippen LogP contribution in [0.15, 0.2) is 0 Å². The Kier molecular flexibility index (Phi) is 39.7. The van der Waals surface area contributed by atoms with Crippen LogP contribution in [0.1, 0.15) is 221 Å². The number of unbranched alkanes of at least 4 members (excludes halogenated alkanes) is 4. The van der Waals surface area contributed by atoms with Crippen molar-refractivity contribution in [2.24, 2.45) is 41.4 Å². The second-order valence-corrected chi connectivity index (χ2v) is 21.9. The number of rotatable bonds is 32. The maximum Gasteiger partial charge on any atom is 0.0223 e. The summed E-state index contributed by atoms with van der Waals surface area (Å²) in [6.07, 6.45) is 19.8. The monoisotopic (exact) mass is 823 g/mol. The van der Waals surface area contributed by atoms with E-state index in [0.29, 0.717) is 42.3 Å². The van der Waals surface area contributed by atoms with Crippen molar-refractivity contribution in [3.8, 4) is 0 Å². The lowest BCUT2D eigenvalue weighted by Crippen LogP contribution is -2.53. The van der Waals surface area contributed by atoms with Gasteiger partial charge in [0.2, 0.25) is 0 Å². The van der Waals surface area contributed by atoms with Crippen molar-refractivity contribution >= 4 is 0 Å². The van der Waals surface area contributed by atoms with E-state index >= 15 is 0 Å². The lowest BCUT2D eigenvalue weighted by atomic mass is 9.88. The summed E-state index contributed by atoms with van der Waals surface area (Å²) in [7, 11) is 0. The molecule has 1 fully saturated rings. The van der Waals surface area contributed by atoms with Gasteiger partial charge in [-0.2, -0.15) is 0 Å². The van der Waals surface area contributed by atoms with Crippen LogP contribution < -0.4 is 31.9 Å². The summed E-state index contributed by atoms with van der Waals surface area (Å²) in [6, 6.07) is 4.68. The molecule has 0 bridgehead atoms. The van der Waals surface area contributed by atoms with E-state index in [1.54, 1.807) is 0 Å². The predicted molar refractivity (Wildman–Crippen MR) is 265 cm³/mol. The van der Waals surface area contributed by atoms with Gasteiger partial charge in [-0.05, 0) is 179 Å². The van der Waals surface area contributed by atoms with Crippen LogP contribution in [0.5, 0.6) is 0 Å². The normalized spacial score (nSPS) is 19.2. The molecule has 8 unspecified atom stereocenters. The van der Waals surface area contributed by atoms with Gasteiger partial charge in [-0.15, -0.1) is 0 Å². The molecule has 0 aromatic rings. The topological polar surface area (TPSA) is 72.2 Å². The van der Waals surface area contributed by atoms with Crippen molar-refractivity contribution in [3.63, 3.8) is 0 Å². The maximum atomic E-state index is 3.89. The number of hydrogen-bond donors (Lipinski definition) is 6. The minimum absolute atomic E-state index is 0.643. The Morgan fingerprint density at radius 3 is 0.966 bits per heavy atom. The first-order valence-corrected chi connectivity index (χ1v) is 25.7. The van der Waals surface area contributed by atoms with Crippen LogP contribution in [-0.4, -0.2) is 75.0 Å². The first kappa shape index (κ1) is 59.9. The molecule has 1 saturated carbocycles. The van der Waals surface area contributed by atoms with Gasteiger partial charge in [-0.25, -0.2) is 0 Å². The molecule has 58 heavy (non-hydrogen) atoms. The highest BCUT2D eigenvalue weighted by atomic mass is 15.0. The molecule has 6 N–H and O–H groups in total. The number of hydrogen-bond acceptors (Lipinski definition) is 6. The third-order valence-corrected chi connectivity index (χ3v) is 11.9. The molecule has 0 aromatic carbocycles. The van der Waals surface area contributed by atoms with Crippen molar-refractivity contribution in [2.75, 3.05) is 32.7 Å².